The lowest BCUT2D eigenvalue weighted by Gasteiger charge is -2.14. The van der Waals surface area contributed by atoms with E-state index < -0.39 is 0 Å². The average molecular weight is 865 g/mol. The summed E-state index contributed by atoms with van der Waals surface area (Å²) in [6, 6.07) is 87.6. The van der Waals surface area contributed by atoms with Gasteiger partial charge >= 0.3 is 0 Å². The molecule has 68 heavy (non-hydrogen) atoms. The van der Waals surface area contributed by atoms with Gasteiger partial charge in [0.25, 0.3) is 0 Å². The van der Waals surface area contributed by atoms with Crippen LogP contribution in [0.25, 0.3) is 132 Å². The van der Waals surface area contributed by atoms with Gasteiger partial charge in [0.05, 0.1) is 33.5 Å². The zero-order chi connectivity index (χ0) is 44.7. The number of benzene rings is 11. The maximum Gasteiger partial charge on any atom is 0.160 e. The van der Waals surface area contributed by atoms with E-state index in [4.69, 9.17) is 9.97 Å². The molecule has 0 N–H and O–H groups in total. The van der Waals surface area contributed by atoms with Crippen molar-refractivity contribution in [3.05, 3.63) is 243 Å². The standard InChI is InChI=1S/C64H40N4/c1-3-16-41(17-4-1)58-40-59(42-18-5-2-6-19-42)66-64(65-58)45-20-15-21-46(36-45)67-61-29-14-12-27-54(61)57-37-43(31-35-62(57)67)44-30-33-55-53-26-11-13-28-60(53)68(63(55)38-44)47-32-34-52-50-24-8-7-22-48(50)49-23-9-10-25-51(49)56(52)39-47/h1-40H. The van der Waals surface area contributed by atoms with E-state index in [0.717, 1.165) is 50.5 Å². The average Bonchev–Trinajstić information content (AvgIpc) is 3.93. The van der Waals surface area contributed by atoms with Crippen LogP contribution in [0, 0.1) is 0 Å². The minimum absolute atomic E-state index is 0.688. The van der Waals surface area contributed by atoms with Gasteiger partial charge in [0, 0.05) is 49.6 Å². The van der Waals surface area contributed by atoms with Crippen LogP contribution in [0.15, 0.2) is 243 Å². The molecule has 0 bridgehead atoms. The molecule has 0 saturated carbocycles. The Hall–Kier alpha value is -9.12. The molecule has 0 fully saturated rings. The molecule has 0 atom stereocenters. The van der Waals surface area contributed by atoms with Gasteiger partial charge in [-0.3, -0.25) is 0 Å². The fraction of sp³-hybridized carbons (Fsp3) is 0. The Labute approximate surface area is 392 Å². The maximum absolute atomic E-state index is 5.17. The molecule has 0 saturated heterocycles. The number of hydrogen-bond donors (Lipinski definition) is 0. The third-order valence-electron chi connectivity index (χ3n) is 13.9. The molecule has 14 aromatic rings. The van der Waals surface area contributed by atoms with Crippen molar-refractivity contribution in [3.63, 3.8) is 0 Å². The summed E-state index contributed by atoms with van der Waals surface area (Å²) in [5.74, 6) is 0.688. The summed E-state index contributed by atoms with van der Waals surface area (Å²) in [5.41, 5.74) is 14.1. The van der Waals surface area contributed by atoms with E-state index in [1.807, 2.05) is 12.1 Å². The summed E-state index contributed by atoms with van der Waals surface area (Å²) in [6.45, 7) is 0. The van der Waals surface area contributed by atoms with Crippen molar-refractivity contribution in [1.82, 2.24) is 19.1 Å². The molecule has 3 aromatic heterocycles. The van der Waals surface area contributed by atoms with E-state index in [0.29, 0.717) is 5.82 Å². The second-order valence-corrected chi connectivity index (χ2v) is 17.7. The Morgan fingerprint density at radius 2 is 0.662 bits per heavy atom. The van der Waals surface area contributed by atoms with Crippen LogP contribution in [0.5, 0.6) is 0 Å². The van der Waals surface area contributed by atoms with Crippen molar-refractivity contribution in [1.29, 1.82) is 0 Å². The fourth-order valence-electron chi connectivity index (χ4n) is 10.8. The van der Waals surface area contributed by atoms with Crippen molar-refractivity contribution in [2.75, 3.05) is 0 Å². The van der Waals surface area contributed by atoms with Crippen molar-refractivity contribution in [2.45, 2.75) is 0 Å². The Morgan fingerprint density at radius 1 is 0.221 bits per heavy atom. The van der Waals surface area contributed by atoms with Gasteiger partial charge in [0.15, 0.2) is 5.82 Å². The van der Waals surface area contributed by atoms with Gasteiger partial charge < -0.3 is 9.13 Å². The third-order valence-corrected chi connectivity index (χ3v) is 13.9. The van der Waals surface area contributed by atoms with E-state index in [9.17, 15) is 0 Å². The number of para-hydroxylation sites is 2. The molecule has 11 aromatic carbocycles. The molecule has 0 amide bonds. The van der Waals surface area contributed by atoms with Crippen molar-refractivity contribution < 1.29 is 0 Å². The molecule has 0 radical (unpaired) electrons. The quantitative estimate of drug-likeness (QED) is 0.156. The number of rotatable bonds is 6. The number of aromatic nitrogens is 4. The van der Waals surface area contributed by atoms with E-state index >= 15 is 0 Å². The SMILES string of the molecule is c1ccc(-c2cc(-c3ccccc3)nc(-c3cccc(-n4c5ccccc5c5cc(-c6ccc7c8ccccc8n(-c8ccc9c%10ccccc%10c%10ccccc%10c9c8)c7c6)ccc54)c3)n2)cc1. The molecule has 4 heteroatoms. The molecule has 3 heterocycles. The molecule has 0 aliphatic carbocycles. The number of nitrogens with zero attached hydrogens (tertiary/aromatic N) is 4. The number of hydrogen-bond acceptors (Lipinski definition) is 2. The van der Waals surface area contributed by atoms with Crippen LogP contribution in [-0.2, 0) is 0 Å². The lowest BCUT2D eigenvalue weighted by molar-refractivity contribution is 1.16. The third kappa shape index (κ3) is 6.01. The first-order valence-corrected chi connectivity index (χ1v) is 23.2. The van der Waals surface area contributed by atoms with Gasteiger partial charge in [0.1, 0.15) is 0 Å². The van der Waals surface area contributed by atoms with Crippen LogP contribution in [0.4, 0.5) is 0 Å². The normalized spacial score (nSPS) is 11.8. The zero-order valence-electron chi connectivity index (χ0n) is 36.9. The number of fused-ring (bicyclic) bond motifs is 12. The highest BCUT2D eigenvalue weighted by Gasteiger charge is 2.19. The lowest BCUT2D eigenvalue weighted by Crippen LogP contribution is -1.98. The fourth-order valence-corrected chi connectivity index (χ4v) is 10.8. The highest BCUT2D eigenvalue weighted by molar-refractivity contribution is 6.25. The summed E-state index contributed by atoms with van der Waals surface area (Å²) >= 11 is 0. The molecule has 0 spiro atoms. The summed E-state index contributed by atoms with van der Waals surface area (Å²) in [7, 11) is 0. The molecular weight excluding hydrogens is 825 g/mol. The monoisotopic (exact) mass is 864 g/mol. The second-order valence-electron chi connectivity index (χ2n) is 17.7. The van der Waals surface area contributed by atoms with Crippen molar-refractivity contribution >= 4 is 75.9 Å². The van der Waals surface area contributed by atoms with E-state index in [2.05, 4.69) is 240 Å². The smallest absolute Gasteiger partial charge is 0.160 e. The topological polar surface area (TPSA) is 35.6 Å². The van der Waals surface area contributed by atoms with E-state index in [1.54, 1.807) is 0 Å². The van der Waals surface area contributed by atoms with Gasteiger partial charge in [-0.15, -0.1) is 0 Å². The molecule has 0 unspecified atom stereocenters. The van der Waals surface area contributed by atoms with Crippen molar-refractivity contribution in [3.8, 4) is 56.4 Å². The molecule has 4 nitrogen and oxygen atoms in total. The van der Waals surface area contributed by atoms with Gasteiger partial charge in [-0.1, -0.05) is 182 Å². The van der Waals surface area contributed by atoms with Gasteiger partial charge in [-0.05, 0) is 104 Å². The van der Waals surface area contributed by atoms with Crippen LogP contribution in [-0.4, -0.2) is 19.1 Å². The first-order chi connectivity index (χ1) is 33.7. The maximum atomic E-state index is 5.17. The van der Waals surface area contributed by atoms with Gasteiger partial charge in [-0.25, -0.2) is 9.97 Å². The Kier molecular flexibility index (Phi) is 8.55. The minimum atomic E-state index is 0.688. The van der Waals surface area contributed by atoms with Crippen LogP contribution in [0.2, 0.25) is 0 Å². The predicted octanol–water partition coefficient (Wildman–Crippen LogP) is 16.8. The summed E-state index contributed by atoms with van der Waals surface area (Å²) in [4.78, 5) is 10.3. The minimum Gasteiger partial charge on any atom is -0.309 e. The summed E-state index contributed by atoms with van der Waals surface area (Å²) in [6.07, 6.45) is 0. The largest absolute Gasteiger partial charge is 0.309 e. The van der Waals surface area contributed by atoms with Crippen LogP contribution >= 0.6 is 0 Å². The summed E-state index contributed by atoms with van der Waals surface area (Å²) in [5, 5.41) is 12.5. The van der Waals surface area contributed by atoms with E-state index in [1.165, 1.54) is 76.0 Å². The second kappa shape index (κ2) is 15.2. The lowest BCUT2D eigenvalue weighted by atomic mass is 9.94. The van der Waals surface area contributed by atoms with Gasteiger partial charge in [0.2, 0.25) is 0 Å². The molecule has 14 rings (SSSR count). The first-order valence-electron chi connectivity index (χ1n) is 23.2. The highest BCUT2D eigenvalue weighted by Crippen LogP contribution is 2.41. The Bertz CT molecular complexity index is 4220. The zero-order valence-corrected chi connectivity index (χ0v) is 36.9. The molecule has 0 aliphatic heterocycles. The molecule has 0 aliphatic rings. The first kappa shape index (κ1) is 38.2. The van der Waals surface area contributed by atoms with E-state index in [-0.39, 0.29) is 0 Å². The molecular formula is C64H40N4. The van der Waals surface area contributed by atoms with Crippen LogP contribution in [0.3, 0.4) is 0 Å². The van der Waals surface area contributed by atoms with Gasteiger partial charge in [-0.2, -0.15) is 0 Å². The summed E-state index contributed by atoms with van der Waals surface area (Å²) < 4.78 is 4.84. The molecule has 316 valence electrons. The van der Waals surface area contributed by atoms with Crippen molar-refractivity contribution in [2.24, 2.45) is 0 Å². The van der Waals surface area contributed by atoms with Crippen LogP contribution in [0.1, 0.15) is 0 Å². The highest BCUT2D eigenvalue weighted by atomic mass is 15.0. The van der Waals surface area contributed by atoms with Crippen LogP contribution < -0.4 is 0 Å². The predicted molar refractivity (Wildman–Crippen MR) is 285 cm³/mol. The Balaban J connectivity index is 0.912. The Morgan fingerprint density at radius 3 is 1.31 bits per heavy atom.